The van der Waals surface area contributed by atoms with E-state index in [4.69, 9.17) is 0 Å². The molecule has 0 saturated heterocycles. The molecule has 0 aromatic carbocycles. The minimum Gasteiger partial charge on any atom is -0.389 e. The molecule has 0 aliphatic heterocycles. The van der Waals surface area contributed by atoms with E-state index < -0.39 is 119 Å². The van der Waals surface area contributed by atoms with Crippen LogP contribution in [0.15, 0.2) is 0 Å². The Kier molecular flexibility index (Phi) is 13.9. The van der Waals surface area contributed by atoms with Crippen LogP contribution in [0.2, 0.25) is 0 Å². The van der Waals surface area contributed by atoms with Crippen molar-refractivity contribution in [3.8, 4) is 0 Å². The Morgan fingerprint density at radius 3 is 0.508 bits per heavy atom. The molecule has 368 valence electrons. The van der Waals surface area contributed by atoms with Crippen molar-refractivity contribution in [2.75, 3.05) is 0 Å². The van der Waals surface area contributed by atoms with Gasteiger partial charge in [-0.3, -0.25) is 0 Å². The second-order valence-corrected chi connectivity index (χ2v) is 20.2. The van der Waals surface area contributed by atoms with E-state index in [1.807, 2.05) is 0 Å². The molecule has 0 rings (SSSR count). The summed E-state index contributed by atoms with van der Waals surface area (Å²) < 4.78 is 543. The number of halogens is 40. The molecule has 0 atom stereocenters. The van der Waals surface area contributed by atoms with Crippen LogP contribution in [0.1, 0.15) is 0 Å². The Morgan fingerprint density at radius 1 is 0.213 bits per heavy atom. The lowest BCUT2D eigenvalue weighted by atomic mass is 9.87. The zero-order valence-electron chi connectivity index (χ0n) is 25.4. The van der Waals surface area contributed by atoms with Crippen molar-refractivity contribution in [1.29, 1.82) is 0 Å². The quantitative estimate of drug-likeness (QED) is 0.104. The fourth-order valence-corrected chi connectivity index (χ4v) is 13.6. The highest BCUT2D eigenvalue weighted by Crippen LogP contribution is 2.68. The molecule has 0 aliphatic carbocycles. The van der Waals surface area contributed by atoms with Gasteiger partial charge < -0.3 is 8.23 Å². The van der Waals surface area contributed by atoms with Gasteiger partial charge in [-0.1, -0.05) is 0 Å². The third kappa shape index (κ3) is 7.60. The van der Waals surface area contributed by atoms with Crippen LogP contribution in [0.4, 0.5) is 175 Å². The zero-order valence-corrected chi connectivity index (χ0v) is 28.4. The summed E-state index contributed by atoms with van der Waals surface area (Å²) in [6.45, 7) is 0. The van der Waals surface area contributed by atoms with Gasteiger partial charge in [0.05, 0.1) is 0 Å². The highest BCUT2D eigenvalue weighted by Gasteiger charge is 3.03. The third-order valence-electron chi connectivity index (χ3n) is 6.85. The summed E-state index contributed by atoms with van der Waals surface area (Å²) in [6, 6.07) is 0. The molecule has 0 bridgehead atoms. The maximum absolute atomic E-state index is 15.5. The summed E-state index contributed by atoms with van der Waals surface area (Å²) in [5.74, 6) is -138. The van der Waals surface area contributed by atoms with Gasteiger partial charge in [0.15, 0.2) is 0 Å². The highest BCUT2D eigenvalue weighted by molar-refractivity contribution is 6.92. The maximum atomic E-state index is 15.5. The van der Waals surface area contributed by atoms with Gasteiger partial charge in [0.1, 0.15) is 0 Å². The zero-order chi connectivity index (χ0) is 50.9. The Hall–Kier alpha value is -2.23. The summed E-state index contributed by atoms with van der Waals surface area (Å²) >= 11 is 0. The number of rotatable bonds is 13. The van der Waals surface area contributed by atoms with Crippen molar-refractivity contribution in [2.45, 2.75) is 93.9 Å². The molecule has 61 heavy (non-hydrogen) atoms. The summed E-state index contributed by atoms with van der Waals surface area (Å²) in [5, 5.41) is 0. The van der Waals surface area contributed by atoms with Gasteiger partial charge in [-0.15, -0.1) is 0 Å². The van der Waals surface area contributed by atoms with Gasteiger partial charge in [0, 0.05) is 0 Å². The Balaban J connectivity index is 9.08. The largest absolute Gasteiger partial charge is 0.600 e. The molecule has 45 heteroatoms. The molecule has 0 saturated carbocycles. The van der Waals surface area contributed by atoms with E-state index >= 15 is 4.11 Å². The predicted octanol–water partition coefficient (Wildman–Crippen LogP) is 12.2. The third-order valence-corrected chi connectivity index (χ3v) is 17.3. The summed E-state index contributed by atoms with van der Waals surface area (Å²) in [7, 11) is -37.2. The standard InChI is InChI=1S/C16F40O2Si3/c17-1(18,3(21,22)5(25,26)7(29,30)9(33,34)35)2(19,20)4(23,24)6(27,28)8(31,32)10(36,37)61(56,57-59(11(38,39)40,12(41,42)43)13(44,45)46)58-60(14(47,48)49,15(50,51)52)16(53,54)55. The number of hydrogen-bond donors (Lipinski definition) is 0. The van der Waals surface area contributed by atoms with E-state index in [1.165, 1.54) is 0 Å². The summed E-state index contributed by atoms with van der Waals surface area (Å²) in [6.07, 6.45) is -8.58. The van der Waals surface area contributed by atoms with Gasteiger partial charge in [-0.05, 0) is 0 Å². The minimum atomic E-state index is -13.0. The van der Waals surface area contributed by atoms with Crippen molar-refractivity contribution in [1.82, 2.24) is 0 Å². The van der Waals surface area contributed by atoms with E-state index in [0.717, 1.165) is 8.23 Å². The second-order valence-electron chi connectivity index (χ2n) is 10.8. The summed E-state index contributed by atoms with van der Waals surface area (Å²) in [5.41, 5.74) is -10.8. The summed E-state index contributed by atoms with van der Waals surface area (Å²) in [4.78, 5) is 0. The van der Waals surface area contributed by atoms with Gasteiger partial charge in [-0.25, -0.2) is 4.11 Å². The van der Waals surface area contributed by atoms with Crippen molar-refractivity contribution < 1.29 is 184 Å². The Morgan fingerprint density at radius 2 is 0.361 bits per heavy atom. The molecule has 0 aromatic heterocycles. The first-order chi connectivity index (χ1) is 25.4. The van der Waals surface area contributed by atoms with Crippen molar-refractivity contribution in [2.24, 2.45) is 0 Å². The van der Waals surface area contributed by atoms with Gasteiger partial charge in [0.25, 0.3) is 0 Å². The van der Waals surface area contributed by atoms with E-state index in [2.05, 4.69) is 0 Å². The van der Waals surface area contributed by atoms with Gasteiger partial charge >= 0.3 is 119 Å². The lowest BCUT2D eigenvalue weighted by Crippen LogP contribution is -2.86. The molecular weight excluding hydrogens is 1070 g/mol. The molecule has 0 heterocycles. The van der Waals surface area contributed by atoms with Crippen LogP contribution in [0.3, 0.4) is 0 Å². The first-order valence-electron chi connectivity index (χ1n) is 12.4. The molecule has 0 unspecified atom stereocenters. The number of alkyl halides is 39. The normalized spacial score (nSPS) is 17.3. The Labute approximate surface area is 304 Å². The Bertz CT molecular complexity index is 1440. The molecule has 0 amide bonds. The highest BCUT2D eigenvalue weighted by atomic mass is 28.5. The van der Waals surface area contributed by atoms with E-state index in [9.17, 15) is 171 Å². The average Bonchev–Trinajstić information content (AvgIpc) is 2.93. The molecule has 0 radical (unpaired) electrons. The molecule has 0 spiro atoms. The van der Waals surface area contributed by atoms with Crippen LogP contribution in [0.25, 0.3) is 0 Å². The molecule has 0 aliphatic rings. The topological polar surface area (TPSA) is 18.5 Å². The van der Waals surface area contributed by atoms with E-state index in [-0.39, 0.29) is 0 Å². The van der Waals surface area contributed by atoms with Crippen LogP contribution < -0.4 is 0 Å². The van der Waals surface area contributed by atoms with Crippen LogP contribution in [-0.4, -0.2) is 119 Å². The van der Waals surface area contributed by atoms with Crippen LogP contribution in [0.5, 0.6) is 0 Å². The van der Waals surface area contributed by atoms with Crippen molar-refractivity contribution in [3.63, 3.8) is 0 Å². The molecule has 0 aromatic rings. The predicted molar refractivity (Wildman–Crippen MR) is 107 cm³/mol. The van der Waals surface area contributed by atoms with Crippen molar-refractivity contribution >= 4 is 25.5 Å². The average molecular weight is 1070 g/mol. The van der Waals surface area contributed by atoms with E-state index in [1.54, 1.807) is 0 Å². The fraction of sp³-hybridized carbons (Fsp3) is 1.00. The maximum Gasteiger partial charge on any atom is 0.600 e. The smallest absolute Gasteiger partial charge is 0.389 e. The van der Waals surface area contributed by atoms with Crippen LogP contribution in [-0.2, 0) is 8.23 Å². The van der Waals surface area contributed by atoms with E-state index in [0.29, 0.717) is 0 Å². The van der Waals surface area contributed by atoms with Gasteiger partial charge in [-0.2, -0.15) is 171 Å². The van der Waals surface area contributed by atoms with Crippen molar-refractivity contribution in [3.05, 3.63) is 0 Å². The van der Waals surface area contributed by atoms with Gasteiger partial charge in [0.2, 0.25) is 0 Å². The monoisotopic (exact) mass is 1070 g/mol. The molecule has 2 nitrogen and oxygen atoms in total. The first-order valence-corrected chi connectivity index (χ1v) is 17.9. The second kappa shape index (κ2) is 14.4. The molecule has 0 fully saturated rings. The SMILES string of the molecule is FC(F)(F)C(F)(F)C(F)(F)C(F)(F)C(F)(F)C(F)(F)C(F)(F)C(F)(F)C(F)(F)C(F)(F)[Si](F)(O[Si](C(F)(F)F)(C(F)(F)F)C(F)(F)F)O[Si](C(F)(F)F)(C(F)(F)F)C(F)(F)F. The van der Waals surface area contributed by atoms with Crippen LogP contribution >= 0.6 is 0 Å². The lowest BCUT2D eigenvalue weighted by molar-refractivity contribution is -0.472. The molecular formula is C16F40O2Si3. The van der Waals surface area contributed by atoms with Crippen LogP contribution in [0, 0.1) is 0 Å². The molecule has 0 N–H and O–H groups in total. The number of hydrogen-bond acceptors (Lipinski definition) is 2. The lowest BCUT2D eigenvalue weighted by Gasteiger charge is -2.48. The fourth-order valence-electron chi connectivity index (χ4n) is 3.60. The minimum absolute atomic E-state index is 0.736. The first kappa shape index (κ1) is 58.8.